The Kier molecular flexibility index (Phi) is 6.91. The molecule has 1 aliphatic heterocycles. The molecule has 278 valence electrons. The van der Waals surface area contributed by atoms with Crippen molar-refractivity contribution in [2.45, 2.75) is 55.6 Å². The maximum atomic E-state index is 15.6. The average molecular weight is 767 g/mol. The van der Waals surface area contributed by atoms with Gasteiger partial charge in [0.05, 0.1) is 32.3 Å². The number of carbonyl (C=O) groups is 1. The lowest BCUT2D eigenvalue weighted by Gasteiger charge is -2.39. The maximum Gasteiger partial charge on any atom is 0.416 e. The van der Waals surface area contributed by atoms with Gasteiger partial charge in [-0.25, -0.2) is 8.78 Å². The predicted octanol–water partition coefficient (Wildman–Crippen LogP) is 8.71. The molecule has 4 aromatic carbocycles. The lowest BCUT2D eigenvalue weighted by Crippen LogP contribution is -2.48. The second-order valence-corrected chi connectivity index (χ2v) is 12.2. The van der Waals surface area contributed by atoms with E-state index in [1.807, 2.05) is 0 Å². The number of pyridine rings is 1. The molecule has 5 aromatic rings. The third-order valence-electron chi connectivity index (χ3n) is 7.70. The number of benzene rings is 4. The Balaban J connectivity index is 1.68. The summed E-state index contributed by atoms with van der Waals surface area (Å²) in [5.74, 6) is -5.66. The first-order valence-electron chi connectivity index (χ1n) is 24.1. The Hall–Kier alpha value is -4.52. The Morgan fingerprint density at radius 3 is 2.38 bits per heavy atom. The van der Waals surface area contributed by atoms with Crippen molar-refractivity contribution in [3.05, 3.63) is 135 Å². The number of fused-ring (bicyclic) bond motifs is 1. The molecule has 6 nitrogen and oxygen atoms in total. The number of halogens is 5. The van der Waals surface area contributed by atoms with Crippen LogP contribution in [0, 0.1) is 18.6 Å². The molecule has 0 spiro atoms. The van der Waals surface area contributed by atoms with E-state index in [4.69, 9.17) is 18.4 Å². The molecule has 0 aliphatic carbocycles. The van der Waals surface area contributed by atoms with Gasteiger partial charge in [0, 0.05) is 75.6 Å². The normalized spacial score (nSPS) is 23.8. The Morgan fingerprint density at radius 2 is 1.72 bits per heavy atom. The monoisotopic (exact) mass is 766 g/mol. The van der Waals surface area contributed by atoms with Crippen LogP contribution in [-0.4, -0.2) is 59.5 Å². The number of hydrogen-bond donors (Lipinski definition) is 0. The van der Waals surface area contributed by atoms with Crippen LogP contribution in [0.15, 0.2) is 101 Å². The molecule has 0 radical (unpaired) electrons. The van der Waals surface area contributed by atoms with Crippen LogP contribution in [0.1, 0.15) is 58.3 Å². The fourth-order valence-corrected chi connectivity index (χ4v) is 5.72. The van der Waals surface area contributed by atoms with Crippen molar-refractivity contribution in [2.75, 3.05) is 33.3 Å². The molecular formula is C41H40F5N3O3S. The van der Waals surface area contributed by atoms with E-state index >= 15 is 9.18 Å². The van der Waals surface area contributed by atoms with Gasteiger partial charge in [-0.3, -0.25) is 9.59 Å². The highest BCUT2D eigenvalue weighted by atomic mass is 32.2. The van der Waals surface area contributed by atoms with Crippen LogP contribution in [0.3, 0.4) is 0 Å². The van der Waals surface area contributed by atoms with Crippen molar-refractivity contribution in [1.29, 1.82) is 0 Å². The van der Waals surface area contributed by atoms with Crippen LogP contribution >= 0.6 is 11.8 Å². The number of ether oxygens (including phenoxy) is 1. The smallest absolute Gasteiger partial charge is 0.383 e. The molecule has 1 amide bonds. The summed E-state index contributed by atoms with van der Waals surface area (Å²) in [6.45, 7) is -13.4. The third-order valence-corrected chi connectivity index (χ3v) is 8.50. The topological polar surface area (TPSA) is 54.8 Å². The minimum Gasteiger partial charge on any atom is -0.383 e. The van der Waals surface area contributed by atoms with Crippen LogP contribution in [-0.2, 0) is 34.5 Å². The third kappa shape index (κ3) is 9.17. The number of methoxy groups -OCH3 is 1. The second-order valence-electron chi connectivity index (χ2n) is 11.4. The van der Waals surface area contributed by atoms with Crippen LogP contribution in [0.25, 0.3) is 22.0 Å². The molecule has 6 rings (SSSR count). The summed E-state index contributed by atoms with van der Waals surface area (Å²) in [5.41, 5.74) is -8.26. The van der Waals surface area contributed by atoms with Gasteiger partial charge in [-0.1, -0.05) is 60.1 Å². The van der Waals surface area contributed by atoms with Crippen molar-refractivity contribution < 1.29 is 54.8 Å². The van der Waals surface area contributed by atoms with Gasteiger partial charge in [0.25, 0.3) is 0 Å². The van der Waals surface area contributed by atoms with Gasteiger partial charge in [0.15, 0.2) is 17.1 Å². The zero-order valence-corrected chi connectivity index (χ0v) is 28.7. The van der Waals surface area contributed by atoms with Crippen LogP contribution in [0.5, 0.6) is 0 Å². The molecule has 2 heterocycles. The van der Waals surface area contributed by atoms with Crippen molar-refractivity contribution in [3.8, 4) is 11.1 Å². The minimum absolute atomic E-state index is 0.0296. The van der Waals surface area contributed by atoms with Gasteiger partial charge in [0.1, 0.15) is 6.50 Å². The van der Waals surface area contributed by atoms with Crippen molar-refractivity contribution >= 4 is 28.6 Å². The second kappa shape index (κ2) is 16.7. The molecule has 53 heavy (non-hydrogen) atoms. The summed E-state index contributed by atoms with van der Waals surface area (Å²) in [6.07, 6.45) is -12.9. The number of nitrogens with zero attached hydrogens (tertiary/aromatic N) is 3. The first kappa shape index (κ1) is 22.0. The highest BCUT2D eigenvalue weighted by Crippen LogP contribution is 2.32. The van der Waals surface area contributed by atoms with Crippen molar-refractivity contribution in [1.82, 2.24) is 14.4 Å². The standard InChI is InChI=1S/C41H40F5N3O3S/c1-27-6-15-36-34(22-27)37(50)23-39(53-26-31-4-3-5-35(42)40(31)43)49(36)25-38(51)48(33-16-18-47(19-17-33)20-21-52-2)24-28-7-9-29(10-8-28)30-11-13-32(14-12-30)41(44,45)46/h3-15,22-23,33H,16-21,24-26H2,1-2H3/i6D,15D,16D2,17D2,18D2,19D2,22D,23D,25D2,26D2,33D. The lowest BCUT2D eigenvalue weighted by atomic mass is 10.00. The lowest BCUT2D eigenvalue weighted by molar-refractivity contribution is -0.137. The van der Waals surface area contributed by atoms with E-state index in [-0.39, 0.29) is 48.4 Å². The number of rotatable bonds is 12. The van der Waals surface area contributed by atoms with Crippen LogP contribution in [0.2, 0.25) is 0 Å². The Bertz CT molecular complexity index is 2910. The largest absolute Gasteiger partial charge is 0.416 e. The van der Waals surface area contributed by atoms with Crippen molar-refractivity contribution in [2.24, 2.45) is 0 Å². The quantitative estimate of drug-likeness (QED) is 0.0940. The molecular weight excluding hydrogens is 710 g/mol. The molecule has 0 N–H and O–H groups in total. The van der Waals surface area contributed by atoms with E-state index < -0.39 is 144 Å². The number of carbonyl (C=O) groups excluding carboxylic acids is 1. The zero-order valence-electron chi connectivity index (χ0n) is 44.8. The Morgan fingerprint density at radius 1 is 1.04 bits per heavy atom. The molecule has 12 heteroatoms. The van der Waals surface area contributed by atoms with E-state index in [0.717, 1.165) is 62.6 Å². The zero-order chi connectivity index (χ0) is 52.9. The van der Waals surface area contributed by atoms with Gasteiger partial charge < -0.3 is 19.1 Å². The number of aromatic nitrogens is 1. The van der Waals surface area contributed by atoms with Gasteiger partial charge >= 0.3 is 6.18 Å². The van der Waals surface area contributed by atoms with E-state index in [9.17, 15) is 32.0 Å². The number of alkyl halides is 3. The fourth-order valence-electron chi connectivity index (χ4n) is 4.98. The van der Waals surface area contributed by atoms with E-state index in [0.29, 0.717) is 6.07 Å². The van der Waals surface area contributed by atoms with Crippen molar-refractivity contribution in [3.63, 3.8) is 0 Å². The Labute approximate surface area is 333 Å². The molecule has 1 aromatic heterocycles. The van der Waals surface area contributed by atoms with Crippen LogP contribution in [0.4, 0.5) is 22.0 Å². The highest BCUT2D eigenvalue weighted by molar-refractivity contribution is 7.98. The predicted molar refractivity (Wildman–Crippen MR) is 198 cm³/mol. The summed E-state index contributed by atoms with van der Waals surface area (Å²) >= 11 is -0.378. The summed E-state index contributed by atoms with van der Waals surface area (Å²) in [5, 5.41) is -2.30. The number of piperidine rings is 1. The fraction of sp³-hybridized carbons (Fsp3) is 0.317. The molecule has 0 atom stereocenters. The number of thioether (sulfide) groups is 1. The van der Waals surface area contributed by atoms with Gasteiger partial charge in [0.2, 0.25) is 5.91 Å². The van der Waals surface area contributed by atoms with E-state index in [2.05, 4.69) is 0 Å². The van der Waals surface area contributed by atoms with Gasteiger partial charge in [-0.05, 0) is 66.6 Å². The molecule has 1 fully saturated rings. The van der Waals surface area contributed by atoms with Gasteiger partial charge in [-0.15, -0.1) is 11.8 Å². The van der Waals surface area contributed by atoms with E-state index in [1.54, 1.807) is 0 Å². The van der Waals surface area contributed by atoms with E-state index in [1.165, 1.54) is 12.1 Å². The number of amides is 1. The molecule has 0 saturated carbocycles. The molecule has 0 unspecified atom stereocenters. The summed E-state index contributed by atoms with van der Waals surface area (Å²) in [7, 11) is 1.12. The molecule has 1 aliphatic rings. The van der Waals surface area contributed by atoms with Gasteiger partial charge in [-0.2, -0.15) is 13.2 Å². The summed E-state index contributed by atoms with van der Waals surface area (Å²) < 4.78 is 229. The average Bonchev–Trinajstić information content (AvgIpc) is 3.27. The SMILES string of the molecule is [2H]c1c(C)c([2H])c2c(=O)c([2H])c(SC([2H])([2H])c3cccc(F)c3F)n(C([2H])([2H])C(=O)N(Cc3ccc(-c4ccc(C(F)(F)F)cc4)cc3)C3([2H])C([2H])([2H])C([2H])([2H])N(CCOC)C([2H])([2H])C3([2H])[2H])c2c1[2H]. The summed E-state index contributed by atoms with van der Waals surface area (Å²) in [6, 6.07) is 2.27. The number of hydrogen-bond acceptors (Lipinski definition) is 5. The maximum absolute atomic E-state index is 15.6. The molecule has 1 saturated heterocycles. The molecule has 0 bridgehead atoms. The summed E-state index contributed by atoms with van der Waals surface area (Å²) in [4.78, 5) is 29.5. The highest BCUT2D eigenvalue weighted by Gasteiger charge is 2.31. The van der Waals surface area contributed by atoms with Crippen LogP contribution < -0.4 is 5.43 Å². The number of likely N-dealkylation sites (tertiary alicyclic amines) is 1. The first-order valence-corrected chi connectivity index (χ1v) is 16.5. The minimum atomic E-state index is -4.68. The first-order chi connectivity index (χ1) is 32.0.